The topological polar surface area (TPSA) is 84.2 Å². The largest absolute Gasteiger partial charge is 0.481 e. The number of nitrogens with zero attached hydrogens (tertiary/aromatic N) is 2. The van der Waals surface area contributed by atoms with E-state index in [2.05, 4.69) is 10.4 Å². The average molecular weight is 277 g/mol. The second-order valence-corrected chi connectivity index (χ2v) is 5.15. The molecule has 1 aromatic heterocycles. The summed E-state index contributed by atoms with van der Waals surface area (Å²) in [5.74, 6) is -2.36. The van der Waals surface area contributed by atoms with E-state index in [4.69, 9.17) is 0 Å². The van der Waals surface area contributed by atoms with E-state index >= 15 is 0 Å². The molecule has 0 spiro atoms. The number of carboxylic acids is 1. The van der Waals surface area contributed by atoms with Crippen molar-refractivity contribution in [2.24, 2.45) is 18.9 Å². The van der Waals surface area contributed by atoms with Gasteiger partial charge in [0.15, 0.2) is 0 Å². The molecule has 0 saturated heterocycles. The minimum atomic E-state index is -0.922. The fraction of sp³-hybridized carbons (Fsp3) is 0.500. The van der Waals surface area contributed by atoms with Crippen molar-refractivity contribution in [2.75, 3.05) is 5.32 Å². The number of nitrogens with one attached hydrogen (secondary N) is 1. The van der Waals surface area contributed by atoms with Crippen molar-refractivity contribution in [3.05, 3.63) is 23.5 Å². The minimum absolute atomic E-state index is 0.249. The van der Waals surface area contributed by atoms with Crippen LogP contribution in [0, 0.1) is 25.7 Å². The second kappa shape index (κ2) is 5.48. The van der Waals surface area contributed by atoms with E-state index in [0.717, 1.165) is 11.4 Å². The molecule has 0 saturated carbocycles. The lowest BCUT2D eigenvalue weighted by Crippen LogP contribution is -2.34. The van der Waals surface area contributed by atoms with Gasteiger partial charge in [0.1, 0.15) is 0 Å². The number of hydrogen-bond donors (Lipinski definition) is 2. The number of aryl methyl sites for hydroxylation is 2. The van der Waals surface area contributed by atoms with Gasteiger partial charge in [0.25, 0.3) is 0 Å². The van der Waals surface area contributed by atoms with E-state index < -0.39 is 17.8 Å². The van der Waals surface area contributed by atoms with E-state index in [1.54, 1.807) is 11.7 Å². The molecule has 0 aliphatic heterocycles. The third-order valence-electron chi connectivity index (χ3n) is 3.84. The highest BCUT2D eigenvalue weighted by Gasteiger charge is 2.34. The average Bonchev–Trinajstić information content (AvgIpc) is 2.65. The van der Waals surface area contributed by atoms with Crippen molar-refractivity contribution in [1.82, 2.24) is 9.78 Å². The third kappa shape index (κ3) is 2.59. The second-order valence-electron chi connectivity index (χ2n) is 5.15. The van der Waals surface area contributed by atoms with Crippen molar-refractivity contribution in [3.63, 3.8) is 0 Å². The zero-order valence-electron chi connectivity index (χ0n) is 11.9. The summed E-state index contributed by atoms with van der Waals surface area (Å²) in [6.45, 7) is 3.68. The van der Waals surface area contributed by atoms with Crippen molar-refractivity contribution in [1.29, 1.82) is 0 Å². The number of aromatic nitrogens is 2. The molecule has 0 bridgehead atoms. The Morgan fingerprint density at radius 2 is 1.90 bits per heavy atom. The van der Waals surface area contributed by atoms with Gasteiger partial charge in [0, 0.05) is 7.05 Å². The number of carboxylic acid groups (broad SMARTS) is 1. The monoisotopic (exact) mass is 277 g/mol. The van der Waals surface area contributed by atoms with Gasteiger partial charge in [0.05, 0.1) is 28.9 Å². The van der Waals surface area contributed by atoms with Crippen LogP contribution >= 0.6 is 0 Å². The van der Waals surface area contributed by atoms with Crippen LogP contribution in [0.3, 0.4) is 0 Å². The van der Waals surface area contributed by atoms with Crippen LogP contribution in [0.25, 0.3) is 0 Å². The molecular weight excluding hydrogens is 258 g/mol. The molecule has 1 aromatic rings. The van der Waals surface area contributed by atoms with Gasteiger partial charge in [0.2, 0.25) is 5.91 Å². The van der Waals surface area contributed by atoms with Crippen molar-refractivity contribution in [3.8, 4) is 0 Å². The molecule has 1 amide bonds. The lowest BCUT2D eigenvalue weighted by molar-refractivity contribution is -0.146. The zero-order valence-corrected chi connectivity index (χ0v) is 11.9. The highest BCUT2D eigenvalue weighted by Crippen LogP contribution is 2.28. The first-order valence-corrected chi connectivity index (χ1v) is 6.60. The molecule has 0 aromatic carbocycles. The lowest BCUT2D eigenvalue weighted by Gasteiger charge is -2.24. The number of aliphatic carboxylic acids is 1. The molecule has 108 valence electrons. The van der Waals surface area contributed by atoms with Crippen LogP contribution in [0.15, 0.2) is 12.2 Å². The number of amides is 1. The summed E-state index contributed by atoms with van der Waals surface area (Å²) < 4.78 is 1.69. The summed E-state index contributed by atoms with van der Waals surface area (Å²) >= 11 is 0. The summed E-state index contributed by atoms with van der Waals surface area (Å²) in [6.07, 6.45) is 4.55. The Morgan fingerprint density at radius 1 is 1.30 bits per heavy atom. The van der Waals surface area contributed by atoms with Gasteiger partial charge in [-0.05, 0) is 26.7 Å². The highest BCUT2D eigenvalue weighted by atomic mass is 16.4. The van der Waals surface area contributed by atoms with Gasteiger partial charge in [-0.15, -0.1) is 0 Å². The Kier molecular flexibility index (Phi) is 3.92. The summed E-state index contributed by atoms with van der Waals surface area (Å²) in [5.41, 5.74) is 2.27. The lowest BCUT2D eigenvalue weighted by atomic mass is 9.82. The number of carbonyl (C=O) groups is 2. The van der Waals surface area contributed by atoms with E-state index in [1.165, 1.54) is 0 Å². The number of rotatable bonds is 3. The van der Waals surface area contributed by atoms with Gasteiger partial charge in [-0.1, -0.05) is 12.2 Å². The zero-order chi connectivity index (χ0) is 14.9. The van der Waals surface area contributed by atoms with Crippen LogP contribution in [-0.2, 0) is 16.6 Å². The molecule has 1 heterocycles. The van der Waals surface area contributed by atoms with Crippen LogP contribution in [0.2, 0.25) is 0 Å². The fourth-order valence-electron chi connectivity index (χ4n) is 2.55. The number of allylic oxidation sites excluding steroid dienone is 2. The van der Waals surface area contributed by atoms with E-state index in [9.17, 15) is 14.7 Å². The first kappa shape index (κ1) is 14.3. The Balaban J connectivity index is 2.19. The third-order valence-corrected chi connectivity index (χ3v) is 3.84. The van der Waals surface area contributed by atoms with Crippen LogP contribution < -0.4 is 5.32 Å². The van der Waals surface area contributed by atoms with E-state index in [0.29, 0.717) is 18.5 Å². The predicted molar refractivity (Wildman–Crippen MR) is 74.3 cm³/mol. The Hall–Kier alpha value is -2.11. The van der Waals surface area contributed by atoms with Gasteiger partial charge >= 0.3 is 5.97 Å². The highest BCUT2D eigenvalue weighted by molar-refractivity contribution is 5.96. The molecule has 2 N–H and O–H groups in total. The first-order chi connectivity index (χ1) is 9.41. The quantitative estimate of drug-likeness (QED) is 0.823. The molecule has 1 aliphatic rings. The van der Waals surface area contributed by atoms with Gasteiger partial charge in [-0.3, -0.25) is 14.3 Å². The molecule has 6 heteroatoms. The van der Waals surface area contributed by atoms with E-state index in [1.807, 2.05) is 26.0 Å². The smallest absolute Gasteiger partial charge is 0.307 e. The molecule has 0 radical (unpaired) electrons. The molecule has 2 atom stereocenters. The molecule has 2 rings (SSSR count). The Labute approximate surface area is 117 Å². The molecule has 0 fully saturated rings. The number of anilines is 1. The van der Waals surface area contributed by atoms with Crippen molar-refractivity contribution in [2.45, 2.75) is 26.7 Å². The standard InChI is InChI=1S/C14H19N3O3/c1-8-12(9(2)17(3)16-8)15-13(18)10-6-4-5-7-11(10)14(19)20/h4-5,10-11H,6-7H2,1-3H3,(H,15,18)(H,19,20)/t10-,11+/m1/s1. The first-order valence-electron chi connectivity index (χ1n) is 6.60. The predicted octanol–water partition coefficient (Wildman–Crippen LogP) is 1.64. The SMILES string of the molecule is Cc1nn(C)c(C)c1NC(=O)[C@@H]1CC=CC[C@@H]1C(=O)O. The maximum absolute atomic E-state index is 12.4. The summed E-state index contributed by atoms with van der Waals surface area (Å²) in [6, 6.07) is 0. The van der Waals surface area contributed by atoms with E-state index in [-0.39, 0.29) is 5.91 Å². The molecule has 6 nitrogen and oxygen atoms in total. The van der Waals surface area contributed by atoms with Crippen LogP contribution in [-0.4, -0.2) is 26.8 Å². The van der Waals surface area contributed by atoms with Crippen molar-refractivity contribution < 1.29 is 14.7 Å². The van der Waals surface area contributed by atoms with Crippen molar-refractivity contribution >= 4 is 17.6 Å². The maximum atomic E-state index is 12.4. The number of carbonyl (C=O) groups excluding carboxylic acids is 1. The molecular formula is C14H19N3O3. The van der Waals surface area contributed by atoms with Gasteiger partial charge < -0.3 is 10.4 Å². The molecule has 0 unspecified atom stereocenters. The minimum Gasteiger partial charge on any atom is -0.481 e. The Morgan fingerprint density at radius 3 is 2.40 bits per heavy atom. The van der Waals surface area contributed by atoms with Gasteiger partial charge in [-0.25, -0.2) is 0 Å². The normalized spacial score (nSPS) is 21.8. The molecule has 1 aliphatic carbocycles. The fourth-order valence-corrected chi connectivity index (χ4v) is 2.55. The van der Waals surface area contributed by atoms with Crippen LogP contribution in [0.5, 0.6) is 0 Å². The number of hydrogen-bond acceptors (Lipinski definition) is 3. The van der Waals surface area contributed by atoms with Crippen LogP contribution in [0.4, 0.5) is 5.69 Å². The summed E-state index contributed by atoms with van der Waals surface area (Å²) in [4.78, 5) is 23.6. The maximum Gasteiger partial charge on any atom is 0.307 e. The molecule has 20 heavy (non-hydrogen) atoms. The Bertz CT molecular complexity index is 574. The summed E-state index contributed by atoms with van der Waals surface area (Å²) in [7, 11) is 1.81. The van der Waals surface area contributed by atoms with Gasteiger partial charge in [-0.2, -0.15) is 5.10 Å². The van der Waals surface area contributed by atoms with Crippen LogP contribution in [0.1, 0.15) is 24.2 Å². The summed E-state index contributed by atoms with van der Waals surface area (Å²) in [5, 5.41) is 16.3.